The molecule has 3 aliphatic rings. The molecular weight excluding hydrogens is 1200 g/mol. The van der Waals surface area contributed by atoms with Gasteiger partial charge in [0.2, 0.25) is 0 Å². The van der Waals surface area contributed by atoms with Crippen molar-refractivity contribution in [2.75, 3.05) is 39.6 Å². The molecule has 2 aliphatic carbocycles. The SMILES string of the molecule is C=CC(=O)OCC(C)(C)COC(=O)CCC(=O)OCCc1ccc(CC(=O)C2CCC(C(=O)Oc3ccc(OC(=O)C4CCC(C(=O)Cc5ccc(CCOC(=O)CCC(=O)OCC(C)(C)COC(=O)C=C)cc5)CC4)c4c3SC(=C(C#N)C#N)S4)CC2)cc1. The monoisotopic (exact) mass is 1270 g/mol. The number of ether oxygens (including phenoxy) is 8. The standard InChI is InChI=1S/C68H76N2O18S2/c1-7-56(73)83-39-67(3,4)41-85-60(77)29-27-58(75)81-33-31-43-9-13-45(14-10-43)35-52(71)47-17-21-49(22-18-47)64(79)87-54-25-26-55(63-62(54)89-66(90-63)51(37-69)38-70)88-65(80)50-23-19-48(20-24-50)53(72)36-46-15-11-44(12-16-46)32-34-82-59(76)28-30-61(78)86-42-68(5,6)40-84-57(74)8-2/h7-16,25-26,47-50H,1-2,17-24,27-36,39-42H2,3-6H3. The van der Waals surface area contributed by atoms with Gasteiger partial charge in [0.15, 0.2) is 0 Å². The molecule has 3 aromatic rings. The second kappa shape index (κ2) is 34.6. The smallest absolute Gasteiger partial charge is 0.330 e. The Morgan fingerprint density at radius 3 is 1.11 bits per heavy atom. The molecule has 0 bridgehead atoms. The average Bonchev–Trinajstić information content (AvgIpc) is 1.64. The summed E-state index contributed by atoms with van der Waals surface area (Å²) in [6, 6.07) is 21.8. The van der Waals surface area contributed by atoms with E-state index in [1.165, 1.54) is 12.1 Å². The zero-order chi connectivity index (χ0) is 65.4. The van der Waals surface area contributed by atoms with Gasteiger partial charge in [-0.15, -0.1) is 0 Å². The van der Waals surface area contributed by atoms with E-state index < -0.39 is 70.4 Å². The third kappa shape index (κ3) is 22.9. The number of carbonyl (C=O) groups is 10. The lowest BCUT2D eigenvalue weighted by atomic mass is 9.79. The van der Waals surface area contributed by atoms with E-state index in [9.17, 15) is 58.5 Å². The molecule has 90 heavy (non-hydrogen) atoms. The fourth-order valence-corrected chi connectivity index (χ4v) is 12.4. The van der Waals surface area contributed by atoms with Crippen LogP contribution in [0.4, 0.5) is 0 Å². The zero-order valence-electron chi connectivity index (χ0n) is 51.3. The number of nitrogens with zero attached hydrogens (tertiary/aromatic N) is 2. The minimum absolute atomic E-state index is 0.00201. The fraction of sp³-hybridized carbons (Fsp3) is 0.471. The largest absolute Gasteiger partial charge is 0.465 e. The molecule has 0 aromatic heterocycles. The maximum Gasteiger partial charge on any atom is 0.330 e. The molecule has 6 rings (SSSR count). The molecule has 2 fully saturated rings. The van der Waals surface area contributed by atoms with Crippen molar-refractivity contribution in [3.05, 3.63) is 118 Å². The maximum absolute atomic E-state index is 13.7. The third-order valence-electron chi connectivity index (χ3n) is 15.3. The minimum Gasteiger partial charge on any atom is -0.465 e. The molecular formula is C68H76N2O18S2. The van der Waals surface area contributed by atoms with Crippen molar-refractivity contribution in [1.29, 1.82) is 10.5 Å². The highest BCUT2D eigenvalue weighted by molar-refractivity contribution is 8.24. The third-order valence-corrected chi connectivity index (χ3v) is 17.9. The van der Waals surface area contributed by atoms with Crippen LogP contribution in [0.15, 0.2) is 106 Å². The molecule has 0 radical (unpaired) electrons. The molecule has 0 unspecified atom stereocenters. The highest BCUT2D eigenvalue weighted by atomic mass is 32.2. The van der Waals surface area contributed by atoms with E-state index in [4.69, 9.17) is 37.9 Å². The number of hydrogen-bond acceptors (Lipinski definition) is 22. The van der Waals surface area contributed by atoms with Gasteiger partial charge in [-0.2, -0.15) is 10.5 Å². The Balaban J connectivity index is 0.891. The number of benzene rings is 3. The molecule has 478 valence electrons. The summed E-state index contributed by atoms with van der Waals surface area (Å²) in [4.78, 5) is 127. The van der Waals surface area contributed by atoms with E-state index in [1.807, 2.05) is 60.7 Å². The molecule has 20 nitrogen and oxygen atoms in total. The van der Waals surface area contributed by atoms with E-state index in [-0.39, 0.29) is 119 Å². The molecule has 1 aliphatic heterocycles. The van der Waals surface area contributed by atoms with Crippen LogP contribution in [0.25, 0.3) is 0 Å². The van der Waals surface area contributed by atoms with Crippen LogP contribution < -0.4 is 9.47 Å². The van der Waals surface area contributed by atoms with Crippen LogP contribution in [-0.2, 0) is 102 Å². The Labute approximate surface area is 532 Å². The summed E-state index contributed by atoms with van der Waals surface area (Å²) in [5.41, 5.74) is 2.04. The summed E-state index contributed by atoms with van der Waals surface area (Å²) in [5, 5.41) is 19.5. The number of fused-ring (bicyclic) bond motifs is 1. The van der Waals surface area contributed by atoms with Crippen molar-refractivity contribution in [2.24, 2.45) is 34.5 Å². The Kier molecular flexibility index (Phi) is 27.2. The topological polar surface area (TPSA) is 292 Å². The quantitative estimate of drug-likeness (QED) is 0.0184. The van der Waals surface area contributed by atoms with Gasteiger partial charge in [0, 0.05) is 60.5 Å². The Morgan fingerprint density at radius 1 is 0.467 bits per heavy atom. The van der Waals surface area contributed by atoms with E-state index in [0.717, 1.165) is 57.9 Å². The van der Waals surface area contributed by atoms with Crippen molar-refractivity contribution in [3.8, 4) is 23.6 Å². The minimum atomic E-state index is -0.622. The molecule has 22 heteroatoms. The number of Topliss-reactive ketones (excluding diaryl/α,β-unsaturated/α-hetero) is 2. The van der Waals surface area contributed by atoms with Gasteiger partial charge in [-0.25, -0.2) is 9.59 Å². The van der Waals surface area contributed by atoms with E-state index in [2.05, 4.69) is 13.2 Å². The Bertz CT molecular complexity index is 3050. The van der Waals surface area contributed by atoms with Crippen molar-refractivity contribution >= 4 is 82.8 Å². The summed E-state index contributed by atoms with van der Waals surface area (Å²) in [6.45, 7) is 14.0. The summed E-state index contributed by atoms with van der Waals surface area (Å²) in [7, 11) is 0. The van der Waals surface area contributed by atoms with Crippen LogP contribution in [0.2, 0.25) is 0 Å². The molecule has 2 saturated carbocycles. The van der Waals surface area contributed by atoms with Gasteiger partial charge in [0.1, 0.15) is 40.8 Å². The number of rotatable bonds is 32. The van der Waals surface area contributed by atoms with Gasteiger partial charge in [-0.05, 0) is 85.8 Å². The second-order valence-corrected chi connectivity index (χ2v) is 26.2. The molecule has 0 N–H and O–H groups in total. The van der Waals surface area contributed by atoms with E-state index in [1.54, 1.807) is 27.7 Å². The summed E-state index contributed by atoms with van der Waals surface area (Å²) >= 11 is 2.16. The average molecular weight is 1270 g/mol. The highest BCUT2D eigenvalue weighted by Gasteiger charge is 2.36. The van der Waals surface area contributed by atoms with Crippen molar-refractivity contribution in [2.45, 2.75) is 140 Å². The van der Waals surface area contributed by atoms with Gasteiger partial charge in [-0.1, -0.05) is 113 Å². The summed E-state index contributed by atoms with van der Waals surface area (Å²) in [6.07, 6.45) is 6.42. The molecule has 0 saturated heterocycles. The van der Waals surface area contributed by atoms with Gasteiger partial charge < -0.3 is 37.9 Å². The lowest BCUT2D eigenvalue weighted by Gasteiger charge is -2.27. The first kappa shape index (κ1) is 70.7. The van der Waals surface area contributed by atoms with Crippen molar-refractivity contribution < 1.29 is 85.8 Å². The normalized spacial score (nSPS) is 16.9. The number of esters is 8. The summed E-state index contributed by atoms with van der Waals surface area (Å²) in [5.74, 6) is -5.34. The predicted molar refractivity (Wildman–Crippen MR) is 328 cm³/mol. The number of allylic oxidation sites excluding steroid dienone is 1. The number of thioether (sulfide) groups is 2. The van der Waals surface area contributed by atoms with Crippen LogP contribution in [0.3, 0.4) is 0 Å². The number of ketones is 2. The summed E-state index contributed by atoms with van der Waals surface area (Å²) < 4.78 is 43.5. The first-order valence-electron chi connectivity index (χ1n) is 29.9. The molecule has 0 atom stereocenters. The van der Waals surface area contributed by atoms with Crippen LogP contribution in [0, 0.1) is 57.2 Å². The lowest BCUT2D eigenvalue weighted by Crippen LogP contribution is -2.29. The number of nitriles is 2. The number of hydrogen-bond donors (Lipinski definition) is 0. The highest BCUT2D eigenvalue weighted by Crippen LogP contribution is 2.59. The molecule has 3 aromatic carbocycles. The first-order valence-corrected chi connectivity index (χ1v) is 31.5. The lowest BCUT2D eigenvalue weighted by molar-refractivity contribution is -0.154. The molecule has 0 amide bonds. The van der Waals surface area contributed by atoms with Gasteiger partial charge >= 0.3 is 47.8 Å². The van der Waals surface area contributed by atoms with Gasteiger partial charge in [0.05, 0.1) is 91.2 Å². The first-order chi connectivity index (χ1) is 43.0. The van der Waals surface area contributed by atoms with Crippen LogP contribution in [0.5, 0.6) is 11.5 Å². The van der Waals surface area contributed by atoms with Gasteiger partial charge in [0.25, 0.3) is 0 Å². The second-order valence-electron chi connectivity index (χ2n) is 23.9. The molecule has 1 heterocycles. The van der Waals surface area contributed by atoms with E-state index >= 15 is 0 Å². The van der Waals surface area contributed by atoms with E-state index in [0.29, 0.717) is 78.2 Å². The van der Waals surface area contributed by atoms with Crippen LogP contribution in [0.1, 0.15) is 127 Å². The molecule has 0 spiro atoms. The fourth-order valence-electron chi connectivity index (χ4n) is 9.88. The van der Waals surface area contributed by atoms with Crippen molar-refractivity contribution in [1.82, 2.24) is 0 Å². The van der Waals surface area contributed by atoms with Crippen molar-refractivity contribution in [3.63, 3.8) is 0 Å². The maximum atomic E-state index is 13.7. The zero-order valence-corrected chi connectivity index (χ0v) is 52.9. The van der Waals surface area contributed by atoms with Crippen LogP contribution in [-0.4, -0.2) is 99.0 Å². The number of carbonyl (C=O) groups excluding carboxylic acids is 10. The van der Waals surface area contributed by atoms with Crippen LogP contribution >= 0.6 is 23.5 Å². The Hall–Kier alpha value is -8.34. The van der Waals surface area contributed by atoms with Gasteiger partial charge in [-0.3, -0.25) is 38.4 Å². The Morgan fingerprint density at radius 2 is 0.778 bits per heavy atom. The predicted octanol–water partition coefficient (Wildman–Crippen LogP) is 10.5.